The van der Waals surface area contributed by atoms with Gasteiger partial charge < -0.3 is 14.0 Å². The van der Waals surface area contributed by atoms with E-state index in [2.05, 4.69) is 15.6 Å². The summed E-state index contributed by atoms with van der Waals surface area (Å²) in [4.78, 5) is 32.2. The average Bonchev–Trinajstić information content (AvgIpc) is 3.38. The first-order chi connectivity index (χ1) is 18.7. The van der Waals surface area contributed by atoms with Gasteiger partial charge in [-0.25, -0.2) is 9.79 Å². The molecule has 0 aliphatic carbocycles. The predicted octanol–water partition coefficient (Wildman–Crippen LogP) is 4.87. The summed E-state index contributed by atoms with van der Waals surface area (Å²) < 4.78 is 14.9. The van der Waals surface area contributed by atoms with Crippen LogP contribution in [0.2, 0.25) is 5.02 Å². The van der Waals surface area contributed by atoms with Gasteiger partial charge in [0.2, 0.25) is 0 Å². The number of benzene rings is 2. The lowest BCUT2D eigenvalue weighted by atomic mass is 9.96. The molecular weight excluding hydrogens is 534 g/mol. The van der Waals surface area contributed by atoms with Crippen LogP contribution in [0.15, 0.2) is 75.7 Å². The van der Waals surface area contributed by atoms with Gasteiger partial charge in [0.05, 0.1) is 35.6 Å². The van der Waals surface area contributed by atoms with Crippen LogP contribution >= 0.6 is 22.9 Å². The van der Waals surface area contributed by atoms with E-state index in [1.807, 2.05) is 68.5 Å². The molecule has 0 saturated carbocycles. The van der Waals surface area contributed by atoms with Gasteiger partial charge in [0.25, 0.3) is 5.56 Å². The maximum absolute atomic E-state index is 13.9. The van der Waals surface area contributed by atoms with Gasteiger partial charge in [0.1, 0.15) is 5.75 Å². The molecule has 0 amide bonds. The Balaban J connectivity index is 1.68. The van der Waals surface area contributed by atoms with Crippen molar-refractivity contribution in [3.05, 3.63) is 113 Å². The minimum absolute atomic E-state index is 0.217. The van der Waals surface area contributed by atoms with E-state index in [-0.39, 0.29) is 12.2 Å². The van der Waals surface area contributed by atoms with Crippen molar-refractivity contribution in [2.75, 3.05) is 13.7 Å². The molecule has 0 saturated heterocycles. The monoisotopic (exact) mass is 561 g/mol. The maximum atomic E-state index is 13.9. The van der Waals surface area contributed by atoms with Gasteiger partial charge in [-0.1, -0.05) is 35.1 Å². The van der Waals surface area contributed by atoms with Crippen molar-refractivity contribution in [2.24, 2.45) is 4.99 Å². The molecule has 0 bridgehead atoms. The molecule has 1 atom stereocenters. The molecule has 1 aliphatic rings. The van der Waals surface area contributed by atoms with Crippen LogP contribution in [0.5, 0.6) is 5.75 Å². The molecule has 200 valence electrons. The average molecular weight is 562 g/mol. The van der Waals surface area contributed by atoms with Crippen LogP contribution in [0.1, 0.15) is 42.4 Å². The zero-order valence-electron chi connectivity index (χ0n) is 22.3. The minimum Gasteiger partial charge on any atom is -0.497 e. The number of hydrogen-bond acceptors (Lipinski definition) is 6. The quantitative estimate of drug-likeness (QED) is 0.315. The van der Waals surface area contributed by atoms with Crippen molar-refractivity contribution in [1.29, 1.82) is 0 Å². The first-order valence-corrected chi connectivity index (χ1v) is 13.7. The third-order valence-corrected chi connectivity index (χ3v) is 8.03. The number of allylic oxidation sites excluding steroid dienone is 1. The van der Waals surface area contributed by atoms with E-state index in [1.54, 1.807) is 25.5 Å². The lowest BCUT2D eigenvalue weighted by Gasteiger charge is -2.24. The Bertz CT molecular complexity index is 1780. The number of rotatable bonds is 6. The number of carbonyl (C=O) groups is 1. The topological polar surface area (TPSA) is 74.8 Å². The van der Waals surface area contributed by atoms with E-state index < -0.39 is 12.0 Å². The minimum atomic E-state index is -0.671. The smallest absolute Gasteiger partial charge is 0.338 e. The molecule has 4 aromatic rings. The summed E-state index contributed by atoms with van der Waals surface area (Å²) in [5.74, 6) is 0.195. The molecule has 0 spiro atoms. The van der Waals surface area contributed by atoms with Gasteiger partial charge in [-0.05, 0) is 87.4 Å². The highest BCUT2D eigenvalue weighted by Crippen LogP contribution is 2.31. The van der Waals surface area contributed by atoms with Crippen LogP contribution in [-0.2, 0) is 9.53 Å². The number of aromatic nitrogens is 2. The first-order valence-electron chi connectivity index (χ1n) is 12.5. The number of fused-ring (bicyclic) bond motifs is 1. The summed E-state index contributed by atoms with van der Waals surface area (Å²) in [6.45, 7) is 7.80. The summed E-state index contributed by atoms with van der Waals surface area (Å²) in [5, 5.41) is 0.673. The molecule has 1 unspecified atom stereocenters. The third kappa shape index (κ3) is 4.86. The van der Waals surface area contributed by atoms with Gasteiger partial charge >= 0.3 is 5.97 Å². The number of ether oxygens (including phenoxy) is 2. The van der Waals surface area contributed by atoms with E-state index in [0.717, 1.165) is 28.2 Å². The summed E-state index contributed by atoms with van der Waals surface area (Å²) in [6.07, 6.45) is 1.90. The van der Waals surface area contributed by atoms with Crippen molar-refractivity contribution >= 4 is 35.0 Å². The lowest BCUT2D eigenvalue weighted by molar-refractivity contribution is -0.139. The summed E-state index contributed by atoms with van der Waals surface area (Å²) in [6, 6.07) is 16.4. The second-order valence-electron chi connectivity index (χ2n) is 9.21. The number of esters is 1. The Labute approximate surface area is 234 Å². The second kappa shape index (κ2) is 10.7. The maximum Gasteiger partial charge on any atom is 0.338 e. The highest BCUT2D eigenvalue weighted by molar-refractivity contribution is 7.07. The summed E-state index contributed by atoms with van der Waals surface area (Å²) >= 11 is 7.39. The molecule has 7 nitrogen and oxygen atoms in total. The van der Waals surface area contributed by atoms with Gasteiger partial charge in [-0.3, -0.25) is 9.36 Å². The molecule has 0 radical (unpaired) electrons. The van der Waals surface area contributed by atoms with Gasteiger partial charge in [0.15, 0.2) is 4.80 Å². The normalized spacial score (nSPS) is 15.2. The van der Waals surface area contributed by atoms with E-state index >= 15 is 0 Å². The molecule has 39 heavy (non-hydrogen) atoms. The van der Waals surface area contributed by atoms with Crippen LogP contribution < -0.4 is 19.6 Å². The fourth-order valence-corrected chi connectivity index (χ4v) is 6.12. The van der Waals surface area contributed by atoms with Crippen LogP contribution in [0.4, 0.5) is 0 Å². The Morgan fingerprint density at radius 3 is 2.44 bits per heavy atom. The van der Waals surface area contributed by atoms with Crippen LogP contribution in [-0.4, -0.2) is 28.8 Å². The molecule has 1 aliphatic heterocycles. The molecule has 0 N–H and O–H groups in total. The third-order valence-electron chi connectivity index (χ3n) is 6.79. The molecule has 5 rings (SSSR count). The fraction of sp³-hybridized carbons (Fsp3) is 0.233. The van der Waals surface area contributed by atoms with E-state index in [4.69, 9.17) is 21.1 Å². The van der Waals surface area contributed by atoms with E-state index in [9.17, 15) is 9.59 Å². The number of hydrogen-bond donors (Lipinski definition) is 0. The van der Waals surface area contributed by atoms with Crippen LogP contribution in [0, 0.1) is 13.8 Å². The van der Waals surface area contributed by atoms with E-state index in [0.29, 0.717) is 31.4 Å². The summed E-state index contributed by atoms with van der Waals surface area (Å²) in [7, 11) is 1.59. The Kier molecular flexibility index (Phi) is 7.34. The number of aryl methyl sites for hydroxylation is 1. The molecular formula is C30H28ClN3O4S. The zero-order valence-corrected chi connectivity index (χ0v) is 23.9. The molecule has 3 heterocycles. The van der Waals surface area contributed by atoms with Crippen molar-refractivity contribution in [1.82, 2.24) is 9.13 Å². The highest BCUT2D eigenvalue weighted by atomic mass is 35.5. The predicted molar refractivity (Wildman–Crippen MR) is 154 cm³/mol. The molecule has 2 aromatic carbocycles. The SMILES string of the molecule is CCOC(=O)C1=C(C)N=c2sc(=Cc3cc(C)n(-c4ccc(Cl)cc4)c3C)c(=O)n2C1c1ccc(OC)cc1. The number of methoxy groups -OCH3 is 1. The molecule has 9 heteroatoms. The first kappa shape index (κ1) is 26.7. The summed E-state index contributed by atoms with van der Waals surface area (Å²) in [5.41, 5.74) is 5.37. The van der Waals surface area contributed by atoms with Crippen molar-refractivity contribution in [2.45, 2.75) is 33.7 Å². The van der Waals surface area contributed by atoms with E-state index in [1.165, 1.54) is 11.3 Å². The highest BCUT2D eigenvalue weighted by Gasteiger charge is 2.33. The lowest BCUT2D eigenvalue weighted by Crippen LogP contribution is -2.39. The van der Waals surface area contributed by atoms with Crippen molar-refractivity contribution in [3.8, 4) is 11.4 Å². The number of thiazole rings is 1. The second-order valence-corrected chi connectivity index (χ2v) is 10.7. The standard InChI is InChI=1S/C30H28ClN3O4S/c1-6-38-29(36)26-18(3)32-30-34(27(26)20-7-13-24(37-5)14-8-20)28(35)25(39-30)16-21-15-17(2)33(19(21)4)23-11-9-22(31)10-12-23/h7-16,27H,6H2,1-5H3. The van der Waals surface area contributed by atoms with Crippen LogP contribution in [0.25, 0.3) is 11.8 Å². The Morgan fingerprint density at radius 1 is 1.10 bits per heavy atom. The van der Waals surface area contributed by atoms with Crippen LogP contribution in [0.3, 0.4) is 0 Å². The fourth-order valence-electron chi connectivity index (χ4n) is 4.96. The van der Waals surface area contributed by atoms with Crippen molar-refractivity contribution in [3.63, 3.8) is 0 Å². The van der Waals surface area contributed by atoms with Gasteiger partial charge in [-0.2, -0.15) is 0 Å². The zero-order chi connectivity index (χ0) is 27.8. The molecule has 2 aromatic heterocycles. The largest absolute Gasteiger partial charge is 0.497 e. The number of carbonyl (C=O) groups excluding carboxylic acids is 1. The van der Waals surface area contributed by atoms with Gasteiger partial charge in [0, 0.05) is 22.1 Å². The van der Waals surface area contributed by atoms with Gasteiger partial charge in [-0.15, -0.1) is 0 Å². The molecule has 0 fully saturated rings. The Hall–Kier alpha value is -3.88. The number of halogens is 1. The van der Waals surface area contributed by atoms with Crippen molar-refractivity contribution < 1.29 is 14.3 Å². The number of nitrogens with zero attached hydrogens (tertiary/aromatic N) is 3. The Morgan fingerprint density at radius 2 is 1.79 bits per heavy atom.